The van der Waals surface area contributed by atoms with Crippen molar-refractivity contribution in [3.63, 3.8) is 0 Å². The predicted molar refractivity (Wildman–Crippen MR) is 105 cm³/mol. The molecular weight excluding hydrogens is 405 g/mol. The van der Waals surface area contributed by atoms with Crippen LogP contribution in [-0.4, -0.2) is 56.2 Å². The summed E-state index contributed by atoms with van der Waals surface area (Å²) in [4.78, 5) is 10.9. The summed E-state index contributed by atoms with van der Waals surface area (Å²) < 4.78 is 5.13. The van der Waals surface area contributed by atoms with Crippen LogP contribution in [0.4, 0.5) is 0 Å². The molecule has 6 nitrogen and oxygen atoms in total. The van der Waals surface area contributed by atoms with Gasteiger partial charge in [-0.1, -0.05) is 6.42 Å². The molecule has 0 aromatic carbocycles. The van der Waals surface area contributed by atoms with Gasteiger partial charge in [-0.25, -0.2) is 4.98 Å². The van der Waals surface area contributed by atoms with Crippen molar-refractivity contribution in [2.24, 2.45) is 4.99 Å². The van der Waals surface area contributed by atoms with Crippen LogP contribution in [0.25, 0.3) is 0 Å². The molecule has 2 heterocycles. The third kappa shape index (κ3) is 7.34. The van der Waals surface area contributed by atoms with E-state index < -0.39 is 0 Å². The third-order valence-electron chi connectivity index (χ3n) is 3.86. The van der Waals surface area contributed by atoms with Gasteiger partial charge < -0.3 is 20.3 Å². The number of piperidine rings is 1. The van der Waals surface area contributed by atoms with Crippen LogP contribution >= 0.6 is 24.0 Å². The van der Waals surface area contributed by atoms with Gasteiger partial charge in [0.2, 0.25) is 5.88 Å². The highest BCUT2D eigenvalue weighted by molar-refractivity contribution is 14.0. The number of rotatable bonds is 6. The third-order valence-corrected chi connectivity index (χ3v) is 3.86. The Bertz CT molecular complexity index is 477. The van der Waals surface area contributed by atoms with Crippen LogP contribution in [0.1, 0.15) is 24.8 Å². The lowest BCUT2D eigenvalue weighted by Crippen LogP contribution is -2.42. The molecule has 1 fully saturated rings. The first kappa shape index (κ1) is 20.0. The SMILES string of the molecule is CN=C(NCCN1CCCCC1)NCc1ccnc(OC)c1.I. The number of pyridine rings is 1. The fraction of sp³-hybridized carbons (Fsp3) is 0.625. The number of hydrogen-bond donors (Lipinski definition) is 2. The van der Waals surface area contributed by atoms with Crippen molar-refractivity contribution in [1.82, 2.24) is 20.5 Å². The molecule has 1 aromatic heterocycles. The maximum Gasteiger partial charge on any atom is 0.213 e. The lowest BCUT2D eigenvalue weighted by atomic mass is 10.1. The lowest BCUT2D eigenvalue weighted by Gasteiger charge is -2.26. The second-order valence-corrected chi connectivity index (χ2v) is 5.46. The van der Waals surface area contributed by atoms with E-state index in [-0.39, 0.29) is 24.0 Å². The number of likely N-dealkylation sites (tertiary alicyclic amines) is 1. The van der Waals surface area contributed by atoms with E-state index in [1.165, 1.54) is 32.4 Å². The first-order valence-corrected chi connectivity index (χ1v) is 7.97. The molecule has 23 heavy (non-hydrogen) atoms. The highest BCUT2D eigenvalue weighted by Crippen LogP contribution is 2.08. The van der Waals surface area contributed by atoms with Gasteiger partial charge in [-0.2, -0.15) is 0 Å². The van der Waals surface area contributed by atoms with Gasteiger partial charge in [0.15, 0.2) is 5.96 Å². The topological polar surface area (TPSA) is 61.8 Å². The number of aliphatic imine (C=N–C) groups is 1. The Balaban J connectivity index is 0.00000264. The van der Waals surface area contributed by atoms with E-state index in [1.807, 2.05) is 12.1 Å². The summed E-state index contributed by atoms with van der Waals surface area (Å²) in [6.45, 7) is 5.14. The second kappa shape index (κ2) is 11.4. The standard InChI is InChI=1S/C16H27N5O.HI/c1-17-16(19-8-11-21-9-4-3-5-10-21)20-13-14-6-7-18-15(12-14)22-2;/h6-7,12H,3-5,8-11,13H2,1-2H3,(H2,17,19,20);1H. The summed E-state index contributed by atoms with van der Waals surface area (Å²) >= 11 is 0. The summed E-state index contributed by atoms with van der Waals surface area (Å²) in [5.74, 6) is 1.46. The Morgan fingerprint density at radius 1 is 1.30 bits per heavy atom. The van der Waals surface area contributed by atoms with E-state index in [9.17, 15) is 0 Å². The zero-order valence-corrected chi connectivity index (χ0v) is 16.4. The molecule has 0 amide bonds. The van der Waals surface area contributed by atoms with Crippen molar-refractivity contribution in [1.29, 1.82) is 0 Å². The van der Waals surface area contributed by atoms with Gasteiger partial charge in [-0.05, 0) is 37.6 Å². The summed E-state index contributed by atoms with van der Waals surface area (Å²) in [5.41, 5.74) is 1.12. The first-order chi connectivity index (χ1) is 10.8. The number of nitrogens with one attached hydrogen (secondary N) is 2. The summed E-state index contributed by atoms with van der Waals surface area (Å²) in [7, 11) is 3.42. The molecule has 130 valence electrons. The zero-order chi connectivity index (χ0) is 15.6. The van der Waals surface area contributed by atoms with Crippen LogP contribution in [0.2, 0.25) is 0 Å². The van der Waals surface area contributed by atoms with Crippen molar-refractivity contribution in [3.05, 3.63) is 23.9 Å². The molecule has 1 aromatic rings. The fourth-order valence-electron chi connectivity index (χ4n) is 2.59. The van der Waals surface area contributed by atoms with E-state index in [4.69, 9.17) is 4.74 Å². The van der Waals surface area contributed by atoms with Crippen LogP contribution in [0, 0.1) is 0 Å². The number of halogens is 1. The van der Waals surface area contributed by atoms with Gasteiger partial charge >= 0.3 is 0 Å². The number of ether oxygens (including phenoxy) is 1. The van der Waals surface area contributed by atoms with E-state index in [2.05, 4.69) is 25.5 Å². The fourth-order valence-corrected chi connectivity index (χ4v) is 2.59. The van der Waals surface area contributed by atoms with Crippen LogP contribution < -0.4 is 15.4 Å². The smallest absolute Gasteiger partial charge is 0.213 e. The van der Waals surface area contributed by atoms with Crippen molar-refractivity contribution in [2.45, 2.75) is 25.8 Å². The van der Waals surface area contributed by atoms with Crippen molar-refractivity contribution >= 4 is 29.9 Å². The van der Waals surface area contributed by atoms with Crippen LogP contribution in [0.5, 0.6) is 5.88 Å². The van der Waals surface area contributed by atoms with E-state index in [0.29, 0.717) is 12.4 Å². The highest BCUT2D eigenvalue weighted by atomic mass is 127. The molecule has 1 saturated heterocycles. The van der Waals surface area contributed by atoms with Gasteiger partial charge in [0.25, 0.3) is 0 Å². The Morgan fingerprint density at radius 2 is 2.09 bits per heavy atom. The molecule has 1 aliphatic heterocycles. The van der Waals surface area contributed by atoms with Crippen LogP contribution in [0.15, 0.2) is 23.3 Å². The number of methoxy groups -OCH3 is 1. The molecule has 0 aliphatic carbocycles. The average Bonchev–Trinajstić information content (AvgIpc) is 2.59. The second-order valence-electron chi connectivity index (χ2n) is 5.46. The summed E-state index contributed by atoms with van der Waals surface area (Å²) in [6, 6.07) is 3.89. The molecule has 0 saturated carbocycles. The van der Waals surface area contributed by atoms with E-state index >= 15 is 0 Å². The van der Waals surface area contributed by atoms with Gasteiger partial charge in [0.1, 0.15) is 0 Å². The molecule has 0 bridgehead atoms. The van der Waals surface area contributed by atoms with Crippen molar-refractivity contribution < 1.29 is 4.74 Å². The highest BCUT2D eigenvalue weighted by Gasteiger charge is 2.09. The molecule has 2 N–H and O–H groups in total. The minimum Gasteiger partial charge on any atom is -0.481 e. The summed E-state index contributed by atoms with van der Waals surface area (Å²) in [5, 5.41) is 6.68. The first-order valence-electron chi connectivity index (χ1n) is 7.97. The summed E-state index contributed by atoms with van der Waals surface area (Å²) in [6.07, 6.45) is 5.79. The van der Waals surface area contributed by atoms with E-state index in [1.54, 1.807) is 20.4 Å². The normalized spacial score (nSPS) is 15.7. The predicted octanol–water partition coefficient (Wildman–Crippen LogP) is 1.86. The molecule has 0 radical (unpaired) electrons. The number of hydrogen-bond acceptors (Lipinski definition) is 4. The number of nitrogens with zero attached hydrogens (tertiary/aromatic N) is 3. The Labute approximate surface area is 156 Å². The Hall–Kier alpha value is -1.09. The molecule has 0 atom stereocenters. The Morgan fingerprint density at radius 3 is 2.78 bits per heavy atom. The van der Waals surface area contributed by atoms with Gasteiger partial charge in [-0.15, -0.1) is 24.0 Å². The minimum atomic E-state index is 0. The van der Waals surface area contributed by atoms with E-state index in [0.717, 1.165) is 24.6 Å². The monoisotopic (exact) mass is 433 g/mol. The van der Waals surface area contributed by atoms with Crippen LogP contribution in [-0.2, 0) is 6.54 Å². The molecule has 0 unspecified atom stereocenters. The molecule has 0 spiro atoms. The van der Waals surface area contributed by atoms with Crippen molar-refractivity contribution in [3.8, 4) is 5.88 Å². The quantitative estimate of drug-likeness (QED) is 0.408. The molecule has 7 heteroatoms. The number of aromatic nitrogens is 1. The maximum absolute atomic E-state index is 5.13. The molecule has 2 rings (SSSR count). The zero-order valence-electron chi connectivity index (χ0n) is 14.0. The molecular formula is C16H28IN5O. The Kier molecular flexibility index (Phi) is 9.93. The molecule has 1 aliphatic rings. The van der Waals surface area contributed by atoms with Gasteiger partial charge in [0, 0.05) is 38.9 Å². The largest absolute Gasteiger partial charge is 0.481 e. The van der Waals surface area contributed by atoms with Crippen LogP contribution in [0.3, 0.4) is 0 Å². The number of guanidine groups is 1. The van der Waals surface area contributed by atoms with Gasteiger partial charge in [0.05, 0.1) is 7.11 Å². The lowest BCUT2D eigenvalue weighted by molar-refractivity contribution is 0.232. The average molecular weight is 433 g/mol. The maximum atomic E-state index is 5.13. The van der Waals surface area contributed by atoms with Crippen molar-refractivity contribution in [2.75, 3.05) is 40.3 Å². The minimum absolute atomic E-state index is 0. The van der Waals surface area contributed by atoms with Gasteiger partial charge in [-0.3, -0.25) is 4.99 Å².